The summed E-state index contributed by atoms with van der Waals surface area (Å²) in [5, 5.41) is 0. The normalized spacial score (nSPS) is 15.4. The molecule has 0 amide bonds. The Kier molecular flexibility index (Phi) is 3.43. The van der Waals surface area contributed by atoms with Crippen LogP contribution < -0.4 is 5.73 Å². The maximum atomic E-state index is 12.8. The van der Waals surface area contributed by atoms with E-state index < -0.39 is 6.17 Å². The topological polar surface area (TPSA) is 26.0 Å². The summed E-state index contributed by atoms with van der Waals surface area (Å²) in [6.07, 6.45) is -0.887. The van der Waals surface area contributed by atoms with Crippen LogP contribution in [0.4, 0.5) is 4.39 Å². The molecule has 0 heterocycles. The number of benzene rings is 1. The molecule has 1 rings (SSSR count). The fraction of sp³-hybridized carbons (Fsp3) is 0.455. The molecule has 72 valence electrons. The molecule has 0 saturated heterocycles. The van der Waals surface area contributed by atoms with Gasteiger partial charge in [0, 0.05) is 0 Å². The van der Waals surface area contributed by atoms with Gasteiger partial charge in [0.1, 0.15) is 6.17 Å². The van der Waals surface area contributed by atoms with Crippen molar-refractivity contribution < 1.29 is 4.39 Å². The van der Waals surface area contributed by atoms with Gasteiger partial charge in [0.25, 0.3) is 0 Å². The molecule has 0 bridgehead atoms. The van der Waals surface area contributed by atoms with E-state index in [1.54, 1.807) is 6.92 Å². The second-order valence-corrected chi connectivity index (χ2v) is 3.42. The first-order valence-electron chi connectivity index (χ1n) is 4.59. The lowest BCUT2D eigenvalue weighted by atomic mass is 9.99. The van der Waals surface area contributed by atoms with Crippen molar-refractivity contribution in [2.45, 2.75) is 25.9 Å². The lowest BCUT2D eigenvalue weighted by Gasteiger charge is -2.09. The standard InChI is InChI=1S/C11H16FN/c1-8(7-13)10-3-5-11(6-4-10)9(2)12/h3-6,8-9H,7,13H2,1-2H3. The molecule has 2 atom stereocenters. The second-order valence-electron chi connectivity index (χ2n) is 3.42. The van der Waals surface area contributed by atoms with Gasteiger partial charge in [-0.1, -0.05) is 31.2 Å². The molecule has 0 aliphatic rings. The molecular formula is C11H16FN. The van der Waals surface area contributed by atoms with Gasteiger partial charge in [-0.2, -0.15) is 0 Å². The first-order valence-corrected chi connectivity index (χ1v) is 4.59. The summed E-state index contributed by atoms with van der Waals surface area (Å²) in [5.74, 6) is 0.351. The highest BCUT2D eigenvalue weighted by Gasteiger charge is 2.05. The molecule has 2 N–H and O–H groups in total. The summed E-state index contributed by atoms with van der Waals surface area (Å²) in [4.78, 5) is 0. The van der Waals surface area contributed by atoms with Crippen LogP contribution in [0, 0.1) is 0 Å². The maximum absolute atomic E-state index is 12.8. The number of halogens is 1. The van der Waals surface area contributed by atoms with Crippen LogP contribution in [-0.4, -0.2) is 6.54 Å². The molecule has 1 nitrogen and oxygen atoms in total. The molecule has 0 aliphatic carbocycles. The fourth-order valence-corrected chi connectivity index (χ4v) is 1.23. The van der Waals surface area contributed by atoms with Gasteiger partial charge < -0.3 is 5.73 Å². The van der Waals surface area contributed by atoms with Crippen LogP contribution in [0.1, 0.15) is 37.1 Å². The van der Waals surface area contributed by atoms with E-state index in [2.05, 4.69) is 6.92 Å². The average molecular weight is 181 g/mol. The zero-order valence-electron chi connectivity index (χ0n) is 8.13. The van der Waals surface area contributed by atoms with E-state index in [1.165, 1.54) is 5.56 Å². The highest BCUT2D eigenvalue weighted by Crippen LogP contribution is 2.20. The Balaban J connectivity index is 2.81. The van der Waals surface area contributed by atoms with E-state index in [0.29, 0.717) is 12.5 Å². The summed E-state index contributed by atoms with van der Waals surface area (Å²) in [6.45, 7) is 4.24. The summed E-state index contributed by atoms with van der Waals surface area (Å²) < 4.78 is 12.8. The molecule has 1 aromatic rings. The molecule has 1 aromatic carbocycles. The Morgan fingerprint density at radius 1 is 1.15 bits per heavy atom. The number of alkyl halides is 1. The minimum Gasteiger partial charge on any atom is -0.330 e. The van der Waals surface area contributed by atoms with Crippen molar-refractivity contribution in [1.29, 1.82) is 0 Å². The summed E-state index contributed by atoms with van der Waals surface area (Å²) in [6, 6.07) is 7.55. The van der Waals surface area contributed by atoms with Gasteiger partial charge in [-0.3, -0.25) is 0 Å². The van der Waals surface area contributed by atoms with Gasteiger partial charge in [-0.25, -0.2) is 4.39 Å². The largest absolute Gasteiger partial charge is 0.330 e. The van der Waals surface area contributed by atoms with Crippen LogP contribution in [0.15, 0.2) is 24.3 Å². The molecule has 0 aromatic heterocycles. The number of hydrogen-bond acceptors (Lipinski definition) is 1. The Labute approximate surface area is 78.8 Å². The highest BCUT2D eigenvalue weighted by atomic mass is 19.1. The van der Waals surface area contributed by atoms with E-state index in [0.717, 1.165) is 5.56 Å². The van der Waals surface area contributed by atoms with E-state index >= 15 is 0 Å². The molecule has 2 unspecified atom stereocenters. The van der Waals surface area contributed by atoms with Gasteiger partial charge in [0.15, 0.2) is 0 Å². The quantitative estimate of drug-likeness (QED) is 0.762. The predicted octanol–water partition coefficient (Wildman–Crippen LogP) is 2.78. The van der Waals surface area contributed by atoms with Gasteiger partial charge in [0.05, 0.1) is 0 Å². The highest BCUT2D eigenvalue weighted by molar-refractivity contribution is 5.26. The molecular weight excluding hydrogens is 165 g/mol. The zero-order valence-corrected chi connectivity index (χ0v) is 8.13. The SMILES string of the molecule is CC(F)c1ccc(C(C)CN)cc1. The van der Waals surface area contributed by atoms with Crippen LogP contribution in [0.25, 0.3) is 0 Å². The number of rotatable bonds is 3. The van der Waals surface area contributed by atoms with Gasteiger partial charge in [0.2, 0.25) is 0 Å². The van der Waals surface area contributed by atoms with Crippen molar-refractivity contribution in [2.75, 3.05) is 6.54 Å². The molecule has 2 heteroatoms. The lowest BCUT2D eigenvalue weighted by Crippen LogP contribution is -2.08. The van der Waals surface area contributed by atoms with Crippen LogP contribution in [0.2, 0.25) is 0 Å². The van der Waals surface area contributed by atoms with Crippen molar-refractivity contribution in [1.82, 2.24) is 0 Å². The molecule has 0 radical (unpaired) electrons. The third-order valence-electron chi connectivity index (χ3n) is 2.32. The predicted molar refractivity (Wildman–Crippen MR) is 53.4 cm³/mol. The zero-order chi connectivity index (χ0) is 9.84. The fourth-order valence-electron chi connectivity index (χ4n) is 1.23. The third kappa shape index (κ3) is 2.52. The molecule has 0 saturated carbocycles. The summed E-state index contributed by atoms with van der Waals surface area (Å²) >= 11 is 0. The number of hydrogen-bond donors (Lipinski definition) is 1. The van der Waals surface area contributed by atoms with E-state index in [1.807, 2.05) is 24.3 Å². The van der Waals surface area contributed by atoms with Crippen molar-refractivity contribution >= 4 is 0 Å². The smallest absolute Gasteiger partial charge is 0.122 e. The molecule has 0 fully saturated rings. The molecule has 13 heavy (non-hydrogen) atoms. The van der Waals surface area contributed by atoms with Crippen molar-refractivity contribution in [3.8, 4) is 0 Å². The molecule has 0 aliphatic heterocycles. The minimum atomic E-state index is -0.887. The summed E-state index contributed by atoms with van der Waals surface area (Å²) in [5.41, 5.74) is 7.43. The van der Waals surface area contributed by atoms with Gasteiger partial charge in [-0.05, 0) is 30.5 Å². The Bertz CT molecular complexity index is 253. The van der Waals surface area contributed by atoms with Crippen LogP contribution >= 0.6 is 0 Å². The maximum Gasteiger partial charge on any atom is 0.122 e. The first-order chi connectivity index (χ1) is 6.15. The van der Waals surface area contributed by atoms with Crippen LogP contribution in [0.5, 0.6) is 0 Å². The third-order valence-corrected chi connectivity index (χ3v) is 2.32. The number of nitrogens with two attached hydrogens (primary N) is 1. The van der Waals surface area contributed by atoms with Gasteiger partial charge in [-0.15, -0.1) is 0 Å². The van der Waals surface area contributed by atoms with Crippen LogP contribution in [0.3, 0.4) is 0 Å². The van der Waals surface area contributed by atoms with E-state index in [9.17, 15) is 4.39 Å². The van der Waals surface area contributed by atoms with Crippen LogP contribution in [-0.2, 0) is 0 Å². The Morgan fingerprint density at radius 3 is 2.00 bits per heavy atom. The second kappa shape index (κ2) is 4.38. The Hall–Kier alpha value is -0.890. The first kappa shape index (κ1) is 10.2. The summed E-state index contributed by atoms with van der Waals surface area (Å²) in [7, 11) is 0. The Morgan fingerprint density at radius 2 is 1.62 bits per heavy atom. The van der Waals surface area contributed by atoms with Crippen molar-refractivity contribution in [2.24, 2.45) is 5.73 Å². The van der Waals surface area contributed by atoms with E-state index in [4.69, 9.17) is 5.73 Å². The monoisotopic (exact) mass is 181 g/mol. The average Bonchev–Trinajstić information content (AvgIpc) is 2.17. The van der Waals surface area contributed by atoms with Crippen molar-refractivity contribution in [3.05, 3.63) is 35.4 Å². The lowest BCUT2D eigenvalue weighted by molar-refractivity contribution is 0.374. The van der Waals surface area contributed by atoms with E-state index in [-0.39, 0.29) is 0 Å². The van der Waals surface area contributed by atoms with Crippen molar-refractivity contribution in [3.63, 3.8) is 0 Å². The minimum absolute atomic E-state index is 0.351. The molecule has 0 spiro atoms. The van der Waals surface area contributed by atoms with Gasteiger partial charge >= 0.3 is 0 Å².